The third-order valence-corrected chi connectivity index (χ3v) is 4.10. The van der Waals surface area contributed by atoms with Crippen LogP contribution < -0.4 is 38.5 Å². The smallest absolute Gasteiger partial charge is 0 e. The molecule has 0 bridgehead atoms. The zero-order valence-electron chi connectivity index (χ0n) is 17.5. The Labute approximate surface area is 232 Å². The second kappa shape index (κ2) is 26.5. The van der Waals surface area contributed by atoms with Crippen LogP contribution in [0.25, 0.3) is 5.73 Å². The molecular formula is C14H32N11W3Y-. The van der Waals surface area contributed by atoms with Crippen molar-refractivity contribution in [1.82, 2.24) is 21.3 Å². The van der Waals surface area contributed by atoms with Crippen LogP contribution in [0.2, 0.25) is 0 Å². The van der Waals surface area contributed by atoms with E-state index in [1.54, 1.807) is 7.05 Å². The van der Waals surface area contributed by atoms with Crippen molar-refractivity contribution in [3.8, 4) is 0 Å². The van der Waals surface area contributed by atoms with Crippen LogP contribution in [-0.2, 0) is 90.8 Å². The summed E-state index contributed by atoms with van der Waals surface area (Å²) in [5.74, 6) is 0.830. The molecule has 0 atom stereocenters. The average molecular weight is 995 g/mol. The molecule has 15 heteroatoms. The molecule has 0 spiro atoms. The molecule has 0 aliphatic rings. The van der Waals surface area contributed by atoms with Crippen LogP contribution >= 0.6 is 0 Å². The molecule has 0 fully saturated rings. The zero-order valence-corrected chi connectivity index (χ0v) is 29.1. The van der Waals surface area contributed by atoms with Crippen molar-refractivity contribution < 1.29 is 90.8 Å². The number of nitrogens with two attached hydrogens (primary N) is 3. The van der Waals surface area contributed by atoms with Gasteiger partial charge in [0.25, 0.3) is 0 Å². The van der Waals surface area contributed by atoms with Gasteiger partial charge in [0.05, 0.1) is 0 Å². The summed E-state index contributed by atoms with van der Waals surface area (Å²) in [4.78, 5) is 11.4. The van der Waals surface area contributed by atoms with Crippen LogP contribution in [0.4, 0.5) is 0 Å². The minimum atomic E-state index is -0.138. The van der Waals surface area contributed by atoms with Gasteiger partial charge in [0.15, 0.2) is 0 Å². The van der Waals surface area contributed by atoms with E-state index in [1.807, 2.05) is 27.7 Å². The van der Waals surface area contributed by atoms with Gasteiger partial charge in [-0.25, -0.2) is 0 Å². The van der Waals surface area contributed by atoms with Crippen molar-refractivity contribution in [2.45, 2.75) is 27.7 Å². The predicted octanol–water partition coefficient (Wildman–Crippen LogP) is -2.03. The maximum absolute atomic E-state index is 6.77. The first kappa shape index (κ1) is 36.9. The van der Waals surface area contributed by atoms with Gasteiger partial charge in [0.2, 0.25) is 0 Å². The van der Waals surface area contributed by atoms with E-state index < -0.39 is 0 Å². The Balaban J connectivity index is -0.000000159. The number of hydrogen-bond donors (Lipinski definition) is 7. The summed E-state index contributed by atoms with van der Waals surface area (Å²) >= 11 is 3.91. The Morgan fingerprint density at radius 1 is 0.931 bits per heavy atom. The van der Waals surface area contributed by atoms with Gasteiger partial charge in [-0.2, -0.15) is 0 Å². The summed E-state index contributed by atoms with van der Waals surface area (Å²) in [6.07, 6.45) is 0. The average Bonchev–Trinajstić information content (AvgIpc) is 2.55. The van der Waals surface area contributed by atoms with Crippen LogP contribution in [0.1, 0.15) is 27.7 Å². The van der Waals surface area contributed by atoms with Gasteiger partial charge >= 0.3 is 202 Å². The van der Waals surface area contributed by atoms with Crippen molar-refractivity contribution in [3.05, 3.63) is 5.73 Å². The van der Waals surface area contributed by atoms with Crippen molar-refractivity contribution in [1.29, 1.82) is 0 Å². The molecule has 0 aromatic carbocycles. The minimum Gasteiger partial charge on any atom is 0 e. The summed E-state index contributed by atoms with van der Waals surface area (Å²) in [5, 5.41) is 11.9. The van der Waals surface area contributed by atoms with Crippen molar-refractivity contribution in [3.63, 3.8) is 0 Å². The Kier molecular flexibility index (Phi) is 33.7. The molecule has 0 unspecified atom stereocenters. The molecule has 0 aliphatic carbocycles. The maximum atomic E-state index is 6.77. The number of aliphatic imine (C=N–C) groups is 3. The van der Waals surface area contributed by atoms with Crippen molar-refractivity contribution in [2.24, 2.45) is 32.2 Å². The third kappa shape index (κ3) is 36.2. The molecular weight excluding hydrogens is 963 g/mol. The van der Waals surface area contributed by atoms with E-state index in [-0.39, 0.29) is 38.7 Å². The van der Waals surface area contributed by atoms with Crippen LogP contribution in [0, 0.1) is 0 Å². The van der Waals surface area contributed by atoms with Gasteiger partial charge in [-0.1, -0.05) is 0 Å². The molecule has 1 radical (unpaired) electrons. The van der Waals surface area contributed by atoms with Crippen molar-refractivity contribution >= 4 is 30.2 Å². The number of nitrogens with one attached hydrogen (secondary N) is 5. The fourth-order valence-electron chi connectivity index (χ4n) is 1.07. The third-order valence-electron chi connectivity index (χ3n) is 2.00. The Bertz CT molecular complexity index is 561. The van der Waals surface area contributed by atoms with Crippen LogP contribution in [0.3, 0.4) is 0 Å². The molecule has 0 aliphatic heterocycles. The van der Waals surface area contributed by atoms with Crippen LogP contribution in [0.5, 0.6) is 0 Å². The quantitative estimate of drug-likeness (QED) is 0.108. The van der Waals surface area contributed by atoms with Crippen LogP contribution in [0.15, 0.2) is 15.0 Å². The molecule has 29 heavy (non-hydrogen) atoms. The van der Waals surface area contributed by atoms with Gasteiger partial charge in [-0.05, 0) is 0 Å². The summed E-state index contributed by atoms with van der Waals surface area (Å²) in [5.41, 5.74) is 22.6. The molecule has 0 aromatic rings. The minimum absolute atomic E-state index is 0. The first-order valence-corrected chi connectivity index (χ1v) is 12.6. The standard InChI is InChI=1S/C5H12N4.C5H11N3.C4H9N4.3W.Y/c1-3-8-4-9-5(6)7-2;1-3-7-5(6)8-4-2;1-2-7-3-8-4(5)6;;;;/h8H,3H2,1-2H3,(H3,6,7,9);3H2,1-2H3,(H3,6,7,8);7H,2H2,1H3,(H3-,5,6,8);;;;/q;;-1;;;;. The van der Waals surface area contributed by atoms with E-state index in [0.29, 0.717) is 11.9 Å². The molecule has 165 valence electrons. The Morgan fingerprint density at radius 2 is 1.45 bits per heavy atom. The van der Waals surface area contributed by atoms with Gasteiger partial charge in [-0.15, -0.1) is 0 Å². The second-order valence-corrected chi connectivity index (χ2v) is 9.52. The predicted molar refractivity (Wildman–Crippen MR) is 110 cm³/mol. The zero-order chi connectivity index (χ0) is 22.5. The van der Waals surface area contributed by atoms with Gasteiger partial charge in [0.1, 0.15) is 0 Å². The summed E-state index contributed by atoms with van der Waals surface area (Å²) in [7, 11) is 1.65. The van der Waals surface area contributed by atoms with Gasteiger partial charge in [-0.3, -0.25) is 0 Å². The second-order valence-electron chi connectivity index (χ2n) is 4.47. The molecule has 0 amide bonds. The molecule has 11 N–H and O–H groups in total. The SMILES string of the molecule is CCN=C(N)N[C](C)=[W].CCN[C](=[W])N=C([NH-])N.CCN[C](=[W])NC(N)=NC.[Y]. The fourth-order valence-corrected chi connectivity index (χ4v) is 3.21. The van der Waals surface area contributed by atoms with Crippen molar-refractivity contribution in [2.75, 3.05) is 26.7 Å². The monoisotopic (exact) mass is 995 g/mol. The molecule has 11 nitrogen and oxygen atoms in total. The van der Waals surface area contributed by atoms with Gasteiger partial charge < -0.3 is 0 Å². The first-order chi connectivity index (χ1) is 13.0. The molecule has 0 rings (SSSR count). The first-order valence-electron chi connectivity index (χ1n) is 8.21. The fraction of sp³-hybridized carbons (Fsp3) is 0.571. The summed E-state index contributed by atoms with van der Waals surface area (Å²) in [6, 6.07) is 0. The van der Waals surface area contributed by atoms with Gasteiger partial charge in [0, 0.05) is 32.7 Å². The number of rotatable bonds is 8. The number of nitrogens with zero attached hydrogens (tertiary/aromatic N) is 3. The largest absolute Gasteiger partial charge is 0 e. The number of hydrogen-bond acceptors (Lipinski definition) is 5. The molecule has 0 saturated carbocycles. The van der Waals surface area contributed by atoms with E-state index in [4.69, 9.17) is 22.9 Å². The summed E-state index contributed by atoms with van der Waals surface area (Å²) < 4.78 is 2.92. The Hall–Kier alpha value is 0.509. The maximum Gasteiger partial charge on any atom is 0 e. The summed E-state index contributed by atoms with van der Waals surface area (Å²) in [6.45, 7) is 10.4. The van der Waals surface area contributed by atoms with E-state index in [0.717, 1.165) is 31.9 Å². The number of guanidine groups is 3. The van der Waals surface area contributed by atoms with E-state index in [2.05, 4.69) is 36.2 Å². The van der Waals surface area contributed by atoms with E-state index in [9.17, 15) is 0 Å². The topological polar surface area (TPSA) is 187 Å². The molecule has 0 aromatic heterocycles. The van der Waals surface area contributed by atoms with E-state index >= 15 is 0 Å². The molecule has 0 saturated heterocycles. The molecule has 0 heterocycles. The van der Waals surface area contributed by atoms with Crippen LogP contribution in [-0.4, -0.2) is 56.9 Å². The van der Waals surface area contributed by atoms with E-state index in [1.165, 1.54) is 58.1 Å². The normalized spacial score (nSPS) is 10.9. The Morgan fingerprint density at radius 3 is 1.79 bits per heavy atom.